The van der Waals surface area contributed by atoms with Crippen molar-refractivity contribution in [1.82, 2.24) is 19.8 Å². The van der Waals surface area contributed by atoms with E-state index in [4.69, 9.17) is 11.6 Å². The fraction of sp³-hybridized carbons (Fsp3) is 0.118. The molecule has 8 heteroatoms. The molecule has 0 aliphatic rings. The van der Waals surface area contributed by atoms with Gasteiger partial charge in [-0.15, -0.1) is 15.3 Å². The van der Waals surface area contributed by atoms with E-state index < -0.39 is 0 Å². The van der Waals surface area contributed by atoms with E-state index in [2.05, 4.69) is 20.6 Å². The van der Waals surface area contributed by atoms with Crippen LogP contribution in [0.4, 0.5) is 10.8 Å². The van der Waals surface area contributed by atoms with Gasteiger partial charge in [-0.1, -0.05) is 42.0 Å². The zero-order chi connectivity index (χ0) is 17.4. The van der Waals surface area contributed by atoms with Crippen molar-refractivity contribution in [2.45, 2.75) is 12.8 Å². The van der Waals surface area contributed by atoms with Crippen LogP contribution in [-0.2, 0) is 0 Å². The predicted octanol–water partition coefficient (Wildman–Crippen LogP) is 4.44. The Kier molecular flexibility index (Phi) is 4.03. The number of halogens is 1. The Bertz CT molecular complexity index is 1010. The van der Waals surface area contributed by atoms with Gasteiger partial charge < -0.3 is 10.4 Å². The summed E-state index contributed by atoms with van der Waals surface area (Å²) >= 11 is 7.33. The normalized spacial score (nSPS) is 12.4. The van der Waals surface area contributed by atoms with Crippen LogP contribution in [0, 0.1) is 0 Å². The number of rotatable bonds is 4. The molecule has 0 aliphatic carbocycles. The quantitative estimate of drug-likeness (QED) is 0.554. The molecular formula is C17H14ClN5OS. The number of hydrogen-bond donors (Lipinski definition) is 2. The van der Waals surface area contributed by atoms with Crippen LogP contribution in [0.3, 0.4) is 0 Å². The Morgan fingerprint density at radius 2 is 1.80 bits per heavy atom. The van der Waals surface area contributed by atoms with Gasteiger partial charge in [-0.2, -0.15) is 4.52 Å². The molecule has 2 N–H and O–H groups in total. The van der Waals surface area contributed by atoms with Gasteiger partial charge in [0.1, 0.15) is 5.75 Å². The number of aromatic hydroxyl groups is 1. The monoisotopic (exact) mass is 371 g/mol. The molecule has 0 unspecified atom stereocenters. The first-order valence-electron chi connectivity index (χ1n) is 7.64. The number of fused-ring (bicyclic) bond motifs is 1. The van der Waals surface area contributed by atoms with Gasteiger partial charge in [0.2, 0.25) is 10.1 Å². The zero-order valence-electron chi connectivity index (χ0n) is 13.2. The number of hydrogen-bond acceptors (Lipinski definition) is 6. The lowest BCUT2D eigenvalue weighted by Crippen LogP contribution is -2.03. The highest BCUT2D eigenvalue weighted by Crippen LogP contribution is 2.28. The predicted molar refractivity (Wildman–Crippen MR) is 99.0 cm³/mol. The molecule has 0 saturated carbocycles. The van der Waals surface area contributed by atoms with E-state index >= 15 is 0 Å². The van der Waals surface area contributed by atoms with Crippen molar-refractivity contribution in [2.75, 3.05) is 5.32 Å². The largest absolute Gasteiger partial charge is 0.508 e. The molecule has 0 fully saturated rings. The van der Waals surface area contributed by atoms with Crippen molar-refractivity contribution < 1.29 is 5.11 Å². The second-order valence-electron chi connectivity index (χ2n) is 5.60. The highest BCUT2D eigenvalue weighted by Gasteiger charge is 2.19. The van der Waals surface area contributed by atoms with Crippen LogP contribution in [0.2, 0.25) is 5.02 Å². The Morgan fingerprint density at radius 1 is 1.08 bits per heavy atom. The molecule has 0 radical (unpaired) electrons. The number of anilines is 2. The van der Waals surface area contributed by atoms with E-state index in [1.807, 2.05) is 43.3 Å². The third kappa shape index (κ3) is 3.16. The Hall–Kier alpha value is -2.64. The fourth-order valence-corrected chi connectivity index (χ4v) is 3.41. The first kappa shape index (κ1) is 15.9. The lowest BCUT2D eigenvalue weighted by molar-refractivity contribution is 0.475. The summed E-state index contributed by atoms with van der Waals surface area (Å²) < 4.78 is 1.75. The molecule has 0 spiro atoms. The second kappa shape index (κ2) is 6.34. The molecule has 126 valence electrons. The van der Waals surface area contributed by atoms with E-state index in [1.165, 1.54) is 11.3 Å². The van der Waals surface area contributed by atoms with Crippen LogP contribution in [-0.4, -0.2) is 24.9 Å². The van der Waals surface area contributed by atoms with Crippen molar-refractivity contribution in [2.24, 2.45) is 0 Å². The minimum absolute atomic E-state index is 0.00100. The number of nitrogens with one attached hydrogen (secondary N) is 1. The molecule has 2 aromatic heterocycles. The molecule has 25 heavy (non-hydrogen) atoms. The summed E-state index contributed by atoms with van der Waals surface area (Å²) in [5.74, 6) is 0.993. The van der Waals surface area contributed by atoms with Crippen molar-refractivity contribution in [3.8, 4) is 5.75 Å². The number of benzene rings is 2. The van der Waals surface area contributed by atoms with Crippen LogP contribution in [0.5, 0.6) is 5.75 Å². The lowest BCUT2D eigenvalue weighted by Gasteiger charge is -2.08. The van der Waals surface area contributed by atoms with Crippen LogP contribution in [0.1, 0.15) is 24.2 Å². The molecular weight excluding hydrogens is 358 g/mol. The average molecular weight is 372 g/mol. The van der Waals surface area contributed by atoms with Gasteiger partial charge in [-0.3, -0.25) is 0 Å². The first-order valence-corrected chi connectivity index (χ1v) is 8.83. The molecule has 4 rings (SSSR count). The summed E-state index contributed by atoms with van der Waals surface area (Å²) in [4.78, 5) is 0.720. The van der Waals surface area contributed by atoms with E-state index in [-0.39, 0.29) is 11.7 Å². The van der Waals surface area contributed by atoms with Crippen LogP contribution >= 0.6 is 22.9 Å². The Labute approximate surface area is 152 Å². The van der Waals surface area contributed by atoms with Crippen molar-refractivity contribution in [1.29, 1.82) is 0 Å². The van der Waals surface area contributed by atoms with Gasteiger partial charge in [-0.05, 0) is 42.0 Å². The first-order chi connectivity index (χ1) is 12.1. The average Bonchev–Trinajstić information content (AvgIpc) is 3.17. The molecule has 0 amide bonds. The Morgan fingerprint density at radius 3 is 2.52 bits per heavy atom. The number of phenols is 1. The minimum atomic E-state index is 0.00100. The molecule has 0 bridgehead atoms. The molecule has 2 heterocycles. The molecule has 0 saturated heterocycles. The van der Waals surface area contributed by atoms with Crippen molar-refractivity contribution in [3.05, 3.63) is 64.9 Å². The van der Waals surface area contributed by atoms with Crippen LogP contribution in [0.25, 0.3) is 4.96 Å². The zero-order valence-corrected chi connectivity index (χ0v) is 14.8. The van der Waals surface area contributed by atoms with Crippen LogP contribution < -0.4 is 5.32 Å². The topological polar surface area (TPSA) is 75.3 Å². The van der Waals surface area contributed by atoms with Crippen molar-refractivity contribution >= 4 is 38.7 Å². The maximum atomic E-state index is 9.44. The van der Waals surface area contributed by atoms with E-state index in [1.54, 1.807) is 16.6 Å². The van der Waals surface area contributed by atoms with Gasteiger partial charge in [0.25, 0.3) is 0 Å². The number of phenolic OH excluding ortho intramolecular Hbond substituents is 1. The summed E-state index contributed by atoms with van der Waals surface area (Å²) in [6.07, 6.45) is 0. The number of aromatic nitrogens is 4. The van der Waals surface area contributed by atoms with Crippen LogP contribution in [0.15, 0.2) is 48.5 Å². The third-order valence-corrected chi connectivity index (χ3v) is 4.96. The van der Waals surface area contributed by atoms with E-state index in [9.17, 15) is 5.11 Å². The molecule has 0 aliphatic heterocycles. The fourth-order valence-electron chi connectivity index (χ4n) is 2.52. The Balaban J connectivity index is 1.63. The maximum Gasteiger partial charge on any atom is 0.236 e. The summed E-state index contributed by atoms with van der Waals surface area (Å²) in [5.41, 5.74) is 1.94. The van der Waals surface area contributed by atoms with Gasteiger partial charge >= 0.3 is 0 Å². The second-order valence-corrected chi connectivity index (χ2v) is 7.00. The molecule has 6 nitrogen and oxygen atoms in total. The minimum Gasteiger partial charge on any atom is -0.508 e. The number of nitrogens with zero attached hydrogens (tertiary/aromatic N) is 4. The summed E-state index contributed by atoms with van der Waals surface area (Å²) in [7, 11) is 0. The molecule has 4 aromatic rings. The van der Waals surface area contributed by atoms with Gasteiger partial charge in [0, 0.05) is 16.6 Å². The smallest absolute Gasteiger partial charge is 0.236 e. The molecule has 1 atom stereocenters. The SMILES string of the molecule is C[C@@H](c1ccc(O)cc1)c1nnc2sc(Nc3ccc(Cl)cc3)nn12. The highest BCUT2D eigenvalue weighted by molar-refractivity contribution is 7.20. The van der Waals surface area contributed by atoms with Crippen molar-refractivity contribution in [3.63, 3.8) is 0 Å². The van der Waals surface area contributed by atoms with E-state index in [0.717, 1.165) is 27.2 Å². The standard InChI is InChI=1S/C17H14ClN5OS/c1-10(11-2-8-14(24)9-3-11)15-20-21-17-23(15)22-16(25-17)19-13-6-4-12(18)5-7-13/h2-10,24H,1H3,(H,19,22)/t10-/m0/s1. The summed E-state index contributed by atoms with van der Waals surface area (Å²) in [5, 5.41) is 27.2. The van der Waals surface area contributed by atoms with Gasteiger partial charge in [0.15, 0.2) is 5.82 Å². The summed E-state index contributed by atoms with van der Waals surface area (Å²) in [6.45, 7) is 2.04. The van der Waals surface area contributed by atoms with E-state index in [0.29, 0.717) is 5.02 Å². The molecule has 2 aromatic carbocycles. The summed E-state index contributed by atoms with van der Waals surface area (Å²) in [6, 6.07) is 14.5. The highest BCUT2D eigenvalue weighted by atomic mass is 35.5. The lowest BCUT2D eigenvalue weighted by atomic mass is 10.0. The third-order valence-electron chi connectivity index (χ3n) is 3.89. The maximum absolute atomic E-state index is 9.44. The van der Waals surface area contributed by atoms with Gasteiger partial charge in [0.05, 0.1) is 0 Å². The van der Waals surface area contributed by atoms with Gasteiger partial charge in [-0.25, -0.2) is 0 Å².